The Morgan fingerprint density at radius 1 is 1.33 bits per heavy atom. The molecule has 3 rings (SSSR count). The molecule has 0 N–H and O–H groups in total. The highest BCUT2D eigenvalue weighted by atomic mass is 16.1. The second-order valence-electron chi connectivity index (χ2n) is 5.27. The van der Waals surface area contributed by atoms with Crippen LogP contribution >= 0.6 is 0 Å². The third-order valence-electron chi connectivity index (χ3n) is 4.56. The van der Waals surface area contributed by atoms with Crippen molar-refractivity contribution in [2.24, 2.45) is 29.1 Å². The summed E-state index contributed by atoms with van der Waals surface area (Å²) >= 11 is 0. The van der Waals surface area contributed by atoms with Gasteiger partial charge in [0.25, 0.3) is 0 Å². The molecular formula is C11H18O. The van der Waals surface area contributed by atoms with E-state index in [-0.39, 0.29) is 0 Å². The van der Waals surface area contributed by atoms with Gasteiger partial charge in [0.1, 0.15) is 5.78 Å². The molecule has 0 spiro atoms. The first-order valence-electron chi connectivity index (χ1n) is 5.00. The van der Waals surface area contributed by atoms with Crippen molar-refractivity contribution < 1.29 is 4.79 Å². The van der Waals surface area contributed by atoms with Crippen LogP contribution in [0, 0.1) is 29.1 Å². The van der Waals surface area contributed by atoms with Gasteiger partial charge in [0, 0.05) is 11.8 Å². The van der Waals surface area contributed by atoms with Crippen LogP contribution in [0.5, 0.6) is 0 Å². The summed E-state index contributed by atoms with van der Waals surface area (Å²) in [6, 6.07) is 0. The summed E-state index contributed by atoms with van der Waals surface area (Å²) in [6.07, 6.45) is 1.16. The van der Waals surface area contributed by atoms with Gasteiger partial charge >= 0.3 is 0 Å². The maximum Gasteiger partial charge on any atom is 0.139 e. The maximum atomic E-state index is 11.8. The van der Waals surface area contributed by atoms with Crippen LogP contribution < -0.4 is 0 Å². The largest absolute Gasteiger partial charge is 0.299 e. The lowest BCUT2D eigenvalue weighted by Crippen LogP contribution is -2.59. The Balaban J connectivity index is 2.30. The molecule has 3 aliphatic rings. The van der Waals surface area contributed by atoms with E-state index < -0.39 is 0 Å². The van der Waals surface area contributed by atoms with Gasteiger partial charge in [-0.25, -0.2) is 0 Å². The highest BCUT2D eigenvalue weighted by Crippen LogP contribution is 2.61. The van der Waals surface area contributed by atoms with Gasteiger partial charge < -0.3 is 0 Å². The number of carbonyl (C=O) groups is 1. The van der Waals surface area contributed by atoms with Crippen LogP contribution in [-0.4, -0.2) is 5.78 Å². The molecule has 0 heterocycles. The van der Waals surface area contributed by atoms with Gasteiger partial charge in [-0.2, -0.15) is 0 Å². The number of Topliss-reactive ketones (excluding diaryl/α,β-unsaturated/α-hetero) is 1. The third-order valence-corrected chi connectivity index (χ3v) is 4.56. The first-order valence-corrected chi connectivity index (χ1v) is 5.00. The smallest absolute Gasteiger partial charge is 0.139 e. The Bertz CT molecular complexity index is 229. The number of rotatable bonds is 0. The van der Waals surface area contributed by atoms with E-state index in [0.717, 1.165) is 12.3 Å². The zero-order chi connectivity index (χ0) is 9.09. The Hall–Kier alpha value is -0.330. The highest BCUT2D eigenvalue weighted by Gasteiger charge is 2.59. The highest BCUT2D eigenvalue weighted by molar-refractivity contribution is 5.86. The minimum absolute atomic E-state index is 0.309. The van der Waals surface area contributed by atoms with E-state index in [9.17, 15) is 4.79 Å². The molecule has 3 aliphatic carbocycles. The van der Waals surface area contributed by atoms with E-state index in [2.05, 4.69) is 27.7 Å². The predicted molar refractivity (Wildman–Crippen MR) is 48.7 cm³/mol. The molecule has 3 saturated carbocycles. The standard InChI is InChI=1S/C11H18O/c1-6-7(2)10(12)9-5-8(6)11(9,3)4/h6-9H,5H2,1-4H3/t6-,7+,8+,9-/m1/s1. The Labute approximate surface area is 74.5 Å². The van der Waals surface area contributed by atoms with Crippen LogP contribution in [0.3, 0.4) is 0 Å². The van der Waals surface area contributed by atoms with Gasteiger partial charge in [0.2, 0.25) is 0 Å². The molecule has 12 heavy (non-hydrogen) atoms. The zero-order valence-corrected chi connectivity index (χ0v) is 8.42. The van der Waals surface area contributed by atoms with E-state index in [1.807, 2.05) is 0 Å². The molecule has 1 nitrogen and oxygen atoms in total. The van der Waals surface area contributed by atoms with Crippen LogP contribution in [-0.2, 0) is 4.79 Å². The van der Waals surface area contributed by atoms with Crippen LogP contribution in [0.2, 0.25) is 0 Å². The molecule has 0 saturated heterocycles. The Morgan fingerprint density at radius 3 is 2.33 bits per heavy atom. The fourth-order valence-electron chi connectivity index (χ4n) is 3.26. The quantitative estimate of drug-likeness (QED) is 0.540. The average Bonchev–Trinajstić information content (AvgIpc) is 1.98. The van der Waals surface area contributed by atoms with E-state index in [0.29, 0.717) is 29.0 Å². The normalized spacial score (nSPS) is 50.2. The number of fused-ring (bicyclic) bond motifs is 2. The summed E-state index contributed by atoms with van der Waals surface area (Å²) in [5.41, 5.74) is 0.309. The summed E-state index contributed by atoms with van der Waals surface area (Å²) < 4.78 is 0. The van der Waals surface area contributed by atoms with Crippen molar-refractivity contribution in [2.45, 2.75) is 34.1 Å². The lowest BCUT2D eigenvalue weighted by atomic mass is 9.43. The maximum absolute atomic E-state index is 11.8. The summed E-state index contributed by atoms with van der Waals surface area (Å²) in [6.45, 7) is 8.85. The first-order chi connectivity index (χ1) is 5.46. The Kier molecular flexibility index (Phi) is 1.47. The van der Waals surface area contributed by atoms with Crippen LogP contribution in [0.15, 0.2) is 0 Å². The molecule has 0 aliphatic heterocycles. The fourth-order valence-corrected chi connectivity index (χ4v) is 3.26. The van der Waals surface area contributed by atoms with Crippen molar-refractivity contribution in [1.29, 1.82) is 0 Å². The van der Waals surface area contributed by atoms with Gasteiger partial charge in [-0.05, 0) is 23.7 Å². The van der Waals surface area contributed by atoms with E-state index in [4.69, 9.17) is 0 Å². The summed E-state index contributed by atoms with van der Waals surface area (Å²) in [5, 5.41) is 0. The van der Waals surface area contributed by atoms with Gasteiger partial charge in [-0.15, -0.1) is 0 Å². The molecule has 0 unspecified atom stereocenters. The second kappa shape index (κ2) is 2.12. The van der Waals surface area contributed by atoms with Gasteiger partial charge in [0.15, 0.2) is 0 Å². The van der Waals surface area contributed by atoms with Crippen LogP contribution in [0.4, 0.5) is 0 Å². The van der Waals surface area contributed by atoms with E-state index in [1.54, 1.807) is 0 Å². The molecule has 4 atom stereocenters. The average molecular weight is 166 g/mol. The van der Waals surface area contributed by atoms with Crippen molar-refractivity contribution in [3.8, 4) is 0 Å². The molecular weight excluding hydrogens is 148 g/mol. The van der Waals surface area contributed by atoms with Gasteiger partial charge in [0.05, 0.1) is 0 Å². The minimum Gasteiger partial charge on any atom is -0.299 e. The molecule has 0 radical (unpaired) electrons. The molecule has 1 heteroatoms. The molecule has 68 valence electrons. The summed E-state index contributed by atoms with van der Waals surface area (Å²) in [4.78, 5) is 11.8. The van der Waals surface area contributed by atoms with Crippen molar-refractivity contribution in [3.05, 3.63) is 0 Å². The summed E-state index contributed by atoms with van der Waals surface area (Å²) in [5.74, 6) is 2.64. The number of carbonyl (C=O) groups excluding carboxylic acids is 1. The topological polar surface area (TPSA) is 17.1 Å². The molecule has 0 amide bonds. The Morgan fingerprint density at radius 2 is 1.92 bits per heavy atom. The van der Waals surface area contributed by atoms with E-state index in [1.165, 1.54) is 0 Å². The lowest BCUT2D eigenvalue weighted by Gasteiger charge is -2.60. The predicted octanol–water partition coefficient (Wildman–Crippen LogP) is 2.50. The van der Waals surface area contributed by atoms with Crippen LogP contribution in [0.25, 0.3) is 0 Å². The van der Waals surface area contributed by atoms with Crippen molar-refractivity contribution in [3.63, 3.8) is 0 Å². The zero-order valence-electron chi connectivity index (χ0n) is 8.42. The van der Waals surface area contributed by atoms with Crippen LogP contribution in [0.1, 0.15) is 34.1 Å². The molecule has 0 aromatic rings. The fraction of sp³-hybridized carbons (Fsp3) is 0.909. The number of hydrogen-bond acceptors (Lipinski definition) is 1. The van der Waals surface area contributed by atoms with Crippen molar-refractivity contribution in [2.75, 3.05) is 0 Å². The van der Waals surface area contributed by atoms with Crippen molar-refractivity contribution >= 4 is 5.78 Å². The first kappa shape index (κ1) is 8.28. The molecule has 2 bridgehead atoms. The van der Waals surface area contributed by atoms with Gasteiger partial charge in [-0.1, -0.05) is 27.7 Å². The number of ketones is 1. The summed E-state index contributed by atoms with van der Waals surface area (Å²) in [7, 11) is 0. The van der Waals surface area contributed by atoms with E-state index >= 15 is 0 Å². The van der Waals surface area contributed by atoms with Gasteiger partial charge in [-0.3, -0.25) is 4.79 Å². The monoisotopic (exact) mass is 166 g/mol. The third kappa shape index (κ3) is 0.725. The second-order valence-corrected chi connectivity index (χ2v) is 5.27. The van der Waals surface area contributed by atoms with Crippen molar-refractivity contribution in [1.82, 2.24) is 0 Å². The minimum atomic E-state index is 0.309. The lowest BCUT2D eigenvalue weighted by molar-refractivity contribution is -0.166. The SMILES string of the molecule is C[C@@H]1[C@H](C)C(=O)[C@H]2C[C@@H]1C2(C)C. The number of hydrogen-bond donors (Lipinski definition) is 0. The molecule has 0 aromatic carbocycles. The molecule has 0 aromatic heterocycles. The molecule has 3 fully saturated rings.